The molecule has 0 unspecified atom stereocenters. The Labute approximate surface area is 213 Å². The van der Waals surface area contributed by atoms with Crippen LogP contribution < -0.4 is 42.7 Å². The van der Waals surface area contributed by atoms with Gasteiger partial charge in [0, 0.05) is 0 Å². The van der Waals surface area contributed by atoms with E-state index in [4.69, 9.17) is 0 Å². The van der Waals surface area contributed by atoms with Crippen molar-refractivity contribution < 1.29 is 45.9 Å². The molecule has 152 valence electrons. The fraction of sp³-hybridized carbons (Fsp3) is 0. The van der Waals surface area contributed by atoms with Gasteiger partial charge < -0.3 is 24.8 Å². The van der Waals surface area contributed by atoms with E-state index in [0.717, 1.165) is 0 Å². The second-order valence-electron chi connectivity index (χ2n) is 5.46. The van der Waals surface area contributed by atoms with Gasteiger partial charge in [0.15, 0.2) is 0 Å². The number of halogens is 2. The molecule has 0 fully saturated rings. The van der Waals surface area contributed by atoms with Crippen LogP contribution in [0, 0.1) is 0 Å². The van der Waals surface area contributed by atoms with Crippen molar-refractivity contribution in [2.45, 2.75) is 0 Å². The standard InChI is InChI=1S/2C12H10Se.2ClH.Pt/c2*1-3-7-11(8-4-1)13-12-9-5-2-6-10-12;;;/h2*1-10H;2*1H;/q;;;;+2/p-2. The third kappa shape index (κ3) is 11.2. The summed E-state index contributed by atoms with van der Waals surface area (Å²) in [6, 6.07) is 42.5. The Kier molecular flexibility index (Phi) is 16.5. The van der Waals surface area contributed by atoms with Crippen LogP contribution in [0.3, 0.4) is 0 Å². The predicted octanol–water partition coefficient (Wildman–Crippen LogP) is -3.31. The molecule has 0 amide bonds. The van der Waals surface area contributed by atoms with Crippen LogP contribution in [-0.4, -0.2) is 29.9 Å². The van der Waals surface area contributed by atoms with Crippen molar-refractivity contribution in [2.24, 2.45) is 0 Å². The van der Waals surface area contributed by atoms with Crippen LogP contribution in [0.2, 0.25) is 0 Å². The van der Waals surface area contributed by atoms with Crippen LogP contribution in [0.15, 0.2) is 121 Å². The maximum absolute atomic E-state index is 2.19. The molecule has 0 atom stereocenters. The second kappa shape index (κ2) is 16.9. The molecule has 0 heterocycles. The van der Waals surface area contributed by atoms with Crippen molar-refractivity contribution in [3.63, 3.8) is 0 Å². The first kappa shape index (κ1) is 28.2. The average Bonchev–Trinajstić information content (AvgIpc) is 2.72. The molecule has 0 aromatic heterocycles. The molecule has 4 aromatic carbocycles. The van der Waals surface area contributed by atoms with Crippen LogP contribution in [0.5, 0.6) is 0 Å². The Morgan fingerprint density at radius 2 is 0.483 bits per heavy atom. The van der Waals surface area contributed by atoms with Gasteiger partial charge in [0.1, 0.15) is 0 Å². The summed E-state index contributed by atoms with van der Waals surface area (Å²) in [7, 11) is 0. The predicted molar refractivity (Wildman–Crippen MR) is 116 cm³/mol. The Hall–Kier alpha value is -0.813. The zero-order chi connectivity index (χ0) is 17.9. The Bertz CT molecular complexity index is 725. The molecular weight excluding hydrogens is 712 g/mol. The van der Waals surface area contributed by atoms with Crippen LogP contribution in [0.1, 0.15) is 0 Å². The minimum absolute atomic E-state index is 0. The SMILES string of the molecule is [Cl-].[Cl-].[Pt+2].c1ccc([Se]c2ccccc2)cc1.c1ccc([Se]c2ccccc2)cc1. The van der Waals surface area contributed by atoms with E-state index in [1.165, 1.54) is 17.8 Å². The van der Waals surface area contributed by atoms with Gasteiger partial charge in [-0.05, 0) is 0 Å². The van der Waals surface area contributed by atoms with Crippen molar-refractivity contribution >= 4 is 47.8 Å². The van der Waals surface area contributed by atoms with Crippen molar-refractivity contribution in [1.82, 2.24) is 0 Å². The number of rotatable bonds is 4. The minimum atomic E-state index is 0. The molecule has 29 heavy (non-hydrogen) atoms. The first-order valence-electron chi connectivity index (χ1n) is 8.46. The van der Waals surface area contributed by atoms with Gasteiger partial charge >= 0.3 is 190 Å². The summed E-state index contributed by atoms with van der Waals surface area (Å²) in [6.07, 6.45) is 0. The van der Waals surface area contributed by atoms with Crippen molar-refractivity contribution in [3.05, 3.63) is 121 Å². The van der Waals surface area contributed by atoms with Gasteiger partial charge in [-0.2, -0.15) is 0 Å². The zero-order valence-electron chi connectivity index (χ0n) is 15.4. The van der Waals surface area contributed by atoms with E-state index in [0.29, 0.717) is 29.9 Å². The first-order valence-corrected chi connectivity index (χ1v) is 11.9. The van der Waals surface area contributed by atoms with Crippen LogP contribution in [0.4, 0.5) is 0 Å². The second-order valence-corrected chi connectivity index (χ2v) is 10.3. The van der Waals surface area contributed by atoms with Gasteiger partial charge in [-0.1, -0.05) is 0 Å². The quantitative estimate of drug-likeness (QED) is 0.193. The molecule has 0 saturated carbocycles. The summed E-state index contributed by atoms with van der Waals surface area (Å²) in [4.78, 5) is 0. The van der Waals surface area contributed by atoms with Crippen molar-refractivity contribution in [3.8, 4) is 0 Å². The third-order valence-electron chi connectivity index (χ3n) is 3.44. The number of hydrogen-bond donors (Lipinski definition) is 0. The summed E-state index contributed by atoms with van der Waals surface area (Å²) in [6.45, 7) is 0. The molecular formula is C24H20Cl2PtSe2. The average molecular weight is 732 g/mol. The van der Waals surface area contributed by atoms with Crippen LogP contribution >= 0.6 is 0 Å². The molecule has 0 radical (unpaired) electrons. The van der Waals surface area contributed by atoms with Gasteiger partial charge in [-0.25, -0.2) is 0 Å². The van der Waals surface area contributed by atoms with Gasteiger partial charge in [0.05, 0.1) is 0 Å². The Morgan fingerprint density at radius 1 is 0.310 bits per heavy atom. The van der Waals surface area contributed by atoms with E-state index >= 15 is 0 Å². The maximum atomic E-state index is 2.19. The molecule has 5 heteroatoms. The molecule has 0 bridgehead atoms. The number of hydrogen-bond acceptors (Lipinski definition) is 0. The molecule has 0 aliphatic rings. The van der Waals surface area contributed by atoms with Crippen LogP contribution in [0.25, 0.3) is 0 Å². The van der Waals surface area contributed by atoms with Gasteiger partial charge in [0.25, 0.3) is 0 Å². The Morgan fingerprint density at radius 3 is 0.655 bits per heavy atom. The van der Waals surface area contributed by atoms with E-state index in [9.17, 15) is 0 Å². The Balaban J connectivity index is 0.000000490. The molecule has 0 aliphatic heterocycles. The van der Waals surface area contributed by atoms with Gasteiger partial charge in [0.2, 0.25) is 0 Å². The van der Waals surface area contributed by atoms with Crippen molar-refractivity contribution in [1.29, 1.82) is 0 Å². The topological polar surface area (TPSA) is 0 Å². The molecule has 4 aromatic rings. The summed E-state index contributed by atoms with van der Waals surface area (Å²) in [5.74, 6) is 0. The zero-order valence-corrected chi connectivity index (χ0v) is 22.6. The molecule has 0 aliphatic carbocycles. The molecule has 0 nitrogen and oxygen atoms in total. The van der Waals surface area contributed by atoms with E-state index in [-0.39, 0.29) is 45.9 Å². The summed E-state index contributed by atoms with van der Waals surface area (Å²) in [5, 5.41) is 0. The fourth-order valence-electron chi connectivity index (χ4n) is 2.23. The van der Waals surface area contributed by atoms with E-state index in [2.05, 4.69) is 121 Å². The van der Waals surface area contributed by atoms with E-state index in [1.54, 1.807) is 0 Å². The molecule has 0 saturated heterocycles. The van der Waals surface area contributed by atoms with Crippen molar-refractivity contribution in [2.75, 3.05) is 0 Å². The summed E-state index contributed by atoms with van der Waals surface area (Å²) >= 11 is 0.922. The molecule has 0 N–H and O–H groups in total. The van der Waals surface area contributed by atoms with Crippen LogP contribution in [-0.2, 0) is 21.1 Å². The summed E-state index contributed by atoms with van der Waals surface area (Å²) < 4.78 is 5.73. The summed E-state index contributed by atoms with van der Waals surface area (Å²) in [5.41, 5.74) is 0. The fourth-order valence-corrected chi connectivity index (χ4v) is 5.83. The molecule has 0 spiro atoms. The van der Waals surface area contributed by atoms with E-state index in [1.807, 2.05) is 0 Å². The third-order valence-corrected chi connectivity index (χ3v) is 7.71. The monoisotopic (exact) mass is 733 g/mol. The van der Waals surface area contributed by atoms with E-state index < -0.39 is 0 Å². The normalized spacial score (nSPS) is 8.83. The number of benzene rings is 4. The van der Waals surface area contributed by atoms with Gasteiger partial charge in [-0.3, -0.25) is 0 Å². The first-order chi connectivity index (χ1) is 12.9. The van der Waals surface area contributed by atoms with Gasteiger partial charge in [-0.15, -0.1) is 0 Å². The molecule has 4 rings (SSSR count).